The lowest BCUT2D eigenvalue weighted by atomic mass is 10.1. The Morgan fingerprint density at radius 3 is 2.64 bits per heavy atom. The highest BCUT2D eigenvalue weighted by Gasteiger charge is 2.09. The van der Waals surface area contributed by atoms with Crippen molar-refractivity contribution >= 4 is 23.1 Å². The van der Waals surface area contributed by atoms with Crippen molar-refractivity contribution < 1.29 is 4.79 Å². The van der Waals surface area contributed by atoms with Crippen LogP contribution < -0.4 is 5.73 Å². The highest BCUT2D eigenvalue weighted by Crippen LogP contribution is 2.15. The lowest BCUT2D eigenvalue weighted by Gasteiger charge is -2.03. The number of carbonyl (C=O) groups excluding carboxylic acids is 1. The van der Waals surface area contributed by atoms with Crippen LogP contribution in [0.15, 0.2) is 24.3 Å². The molecular weight excluding hydrogens is 200 g/mol. The van der Waals surface area contributed by atoms with Crippen molar-refractivity contribution in [3.05, 3.63) is 34.9 Å². The third-order valence-corrected chi connectivity index (χ3v) is 2.22. The van der Waals surface area contributed by atoms with Crippen molar-refractivity contribution in [2.45, 2.75) is 6.42 Å². The van der Waals surface area contributed by atoms with Crippen molar-refractivity contribution in [2.24, 2.45) is 5.73 Å². The third-order valence-electron chi connectivity index (χ3n) is 1.85. The van der Waals surface area contributed by atoms with Gasteiger partial charge in [-0.2, -0.15) is 0 Å². The summed E-state index contributed by atoms with van der Waals surface area (Å²) in [5, 5.41) is 8.01. The summed E-state index contributed by atoms with van der Waals surface area (Å²) in [6, 6.07) is 7.15. The Bertz CT molecular complexity index is 363. The zero-order valence-corrected chi connectivity index (χ0v) is 8.34. The predicted molar refractivity (Wildman–Crippen MR) is 56.9 cm³/mol. The molecule has 0 radical (unpaired) electrons. The maximum Gasteiger partial charge on any atom is 0.190 e. The summed E-state index contributed by atoms with van der Waals surface area (Å²) in [7, 11) is 0. The maximum absolute atomic E-state index is 11.0. The van der Waals surface area contributed by atoms with E-state index in [1.165, 1.54) is 0 Å². The minimum atomic E-state index is -0.343. The number of ketones is 1. The fourth-order valence-corrected chi connectivity index (χ4v) is 1.26. The lowest BCUT2D eigenvalue weighted by Crippen LogP contribution is -2.24. The van der Waals surface area contributed by atoms with Gasteiger partial charge in [-0.1, -0.05) is 29.8 Å². The summed E-state index contributed by atoms with van der Waals surface area (Å²) in [6.45, 7) is -0.122. The first kappa shape index (κ1) is 10.9. The first-order chi connectivity index (χ1) is 6.65. The van der Waals surface area contributed by atoms with Gasteiger partial charge in [0.2, 0.25) is 0 Å². The van der Waals surface area contributed by atoms with Gasteiger partial charge < -0.3 is 11.1 Å². The molecule has 0 saturated carbocycles. The Morgan fingerprint density at radius 2 is 2.07 bits per heavy atom. The van der Waals surface area contributed by atoms with Crippen molar-refractivity contribution in [3.63, 3.8) is 0 Å². The summed E-state index contributed by atoms with van der Waals surface area (Å²) in [5.74, 6) is -0.343. The Morgan fingerprint density at radius 1 is 1.43 bits per heavy atom. The van der Waals surface area contributed by atoms with Crippen molar-refractivity contribution in [1.29, 1.82) is 5.41 Å². The van der Waals surface area contributed by atoms with E-state index < -0.39 is 0 Å². The first-order valence-corrected chi connectivity index (χ1v) is 4.57. The molecule has 1 aromatic carbocycles. The summed E-state index contributed by atoms with van der Waals surface area (Å²) in [6.07, 6.45) is 0.246. The fraction of sp³-hybridized carbons (Fsp3) is 0.200. The smallest absolute Gasteiger partial charge is 0.190 e. The summed E-state index contributed by atoms with van der Waals surface area (Å²) in [4.78, 5) is 11.0. The average molecular weight is 211 g/mol. The largest absolute Gasteiger partial charge is 0.324 e. The number of nitrogens with two attached hydrogens (primary N) is 1. The van der Waals surface area contributed by atoms with Crippen LogP contribution >= 0.6 is 11.6 Å². The van der Waals surface area contributed by atoms with E-state index in [4.69, 9.17) is 22.7 Å². The normalized spacial score (nSPS) is 9.86. The molecule has 74 valence electrons. The van der Waals surface area contributed by atoms with E-state index in [2.05, 4.69) is 0 Å². The van der Waals surface area contributed by atoms with Crippen LogP contribution in [0.2, 0.25) is 5.02 Å². The molecule has 0 fully saturated rings. The number of carbonyl (C=O) groups is 1. The van der Waals surface area contributed by atoms with Crippen molar-refractivity contribution in [2.75, 3.05) is 6.54 Å². The van der Waals surface area contributed by atoms with Gasteiger partial charge in [0.15, 0.2) is 5.78 Å². The van der Waals surface area contributed by atoms with Gasteiger partial charge in [0.05, 0.1) is 12.3 Å². The van der Waals surface area contributed by atoms with E-state index in [-0.39, 0.29) is 24.5 Å². The third kappa shape index (κ3) is 2.65. The van der Waals surface area contributed by atoms with E-state index in [1.807, 2.05) is 6.07 Å². The van der Waals surface area contributed by atoms with E-state index in [0.29, 0.717) is 5.02 Å². The Hall–Kier alpha value is -1.19. The van der Waals surface area contributed by atoms with Gasteiger partial charge in [-0.3, -0.25) is 4.79 Å². The molecule has 0 unspecified atom stereocenters. The zero-order valence-electron chi connectivity index (χ0n) is 7.59. The van der Waals surface area contributed by atoms with Gasteiger partial charge in [-0.05, 0) is 11.6 Å². The van der Waals surface area contributed by atoms with Gasteiger partial charge in [0.25, 0.3) is 0 Å². The van der Waals surface area contributed by atoms with Crippen LogP contribution in [0, 0.1) is 5.41 Å². The molecule has 0 amide bonds. The fourth-order valence-electron chi connectivity index (χ4n) is 1.05. The summed E-state index contributed by atoms with van der Waals surface area (Å²) in [5.41, 5.74) is 5.92. The molecule has 0 aliphatic rings. The molecule has 0 saturated heterocycles. The van der Waals surface area contributed by atoms with Crippen LogP contribution in [0.4, 0.5) is 0 Å². The number of hydrogen-bond acceptors (Lipinski definition) is 3. The highest BCUT2D eigenvalue weighted by atomic mass is 35.5. The number of Topliss-reactive ketones (excluding diaryl/α,β-unsaturated/α-hetero) is 1. The standard InChI is InChI=1S/C10H11ClN2O/c11-8-4-2-1-3-7(8)5-9(13)10(14)6-12/h1-4,13H,5-6,12H2. The van der Waals surface area contributed by atoms with E-state index in [0.717, 1.165) is 5.56 Å². The number of benzene rings is 1. The second-order valence-electron chi connectivity index (χ2n) is 2.87. The summed E-state index contributed by atoms with van der Waals surface area (Å²) < 4.78 is 0. The molecule has 0 spiro atoms. The number of halogens is 1. The minimum absolute atomic E-state index is 0.000556. The molecule has 0 heterocycles. The molecule has 0 atom stereocenters. The predicted octanol–water partition coefficient (Wildman–Crippen LogP) is 1.43. The molecule has 0 aliphatic heterocycles. The number of rotatable bonds is 4. The van der Waals surface area contributed by atoms with Gasteiger partial charge in [0, 0.05) is 11.4 Å². The highest BCUT2D eigenvalue weighted by molar-refractivity contribution is 6.40. The van der Waals surface area contributed by atoms with Crippen LogP contribution in [-0.4, -0.2) is 18.0 Å². The monoisotopic (exact) mass is 210 g/mol. The number of hydrogen-bond donors (Lipinski definition) is 2. The average Bonchev–Trinajstić information content (AvgIpc) is 2.20. The van der Waals surface area contributed by atoms with E-state index in [9.17, 15) is 4.79 Å². The van der Waals surface area contributed by atoms with Crippen molar-refractivity contribution in [3.8, 4) is 0 Å². The second kappa shape index (κ2) is 4.88. The second-order valence-corrected chi connectivity index (χ2v) is 3.28. The van der Waals surface area contributed by atoms with E-state index in [1.54, 1.807) is 18.2 Å². The minimum Gasteiger partial charge on any atom is -0.324 e. The van der Waals surface area contributed by atoms with E-state index >= 15 is 0 Å². The maximum atomic E-state index is 11.0. The van der Waals surface area contributed by atoms with Crippen LogP contribution in [-0.2, 0) is 11.2 Å². The number of nitrogens with one attached hydrogen (secondary N) is 1. The van der Waals surface area contributed by atoms with Gasteiger partial charge >= 0.3 is 0 Å². The zero-order chi connectivity index (χ0) is 10.6. The van der Waals surface area contributed by atoms with Crippen LogP contribution in [0.5, 0.6) is 0 Å². The lowest BCUT2D eigenvalue weighted by molar-refractivity contribution is -0.111. The molecule has 0 bridgehead atoms. The SMILES string of the molecule is N=C(Cc1ccccc1Cl)C(=O)CN. The molecule has 0 aliphatic carbocycles. The Labute approximate surface area is 87.4 Å². The molecule has 3 nitrogen and oxygen atoms in total. The van der Waals surface area contributed by atoms with Gasteiger partial charge in [-0.15, -0.1) is 0 Å². The Kier molecular flexibility index (Phi) is 3.80. The first-order valence-electron chi connectivity index (χ1n) is 4.19. The quantitative estimate of drug-likeness (QED) is 0.739. The molecular formula is C10H11ClN2O. The van der Waals surface area contributed by atoms with Gasteiger partial charge in [-0.25, -0.2) is 0 Å². The van der Waals surface area contributed by atoms with Crippen LogP contribution in [0.3, 0.4) is 0 Å². The molecule has 0 aromatic heterocycles. The van der Waals surface area contributed by atoms with Crippen LogP contribution in [0.1, 0.15) is 5.56 Å². The summed E-state index contributed by atoms with van der Waals surface area (Å²) >= 11 is 5.88. The van der Waals surface area contributed by atoms with Crippen molar-refractivity contribution in [1.82, 2.24) is 0 Å². The molecule has 1 aromatic rings. The molecule has 3 N–H and O–H groups in total. The van der Waals surface area contributed by atoms with Gasteiger partial charge in [0.1, 0.15) is 0 Å². The topological polar surface area (TPSA) is 66.9 Å². The van der Waals surface area contributed by atoms with Crippen LogP contribution in [0.25, 0.3) is 0 Å². The Balaban J connectivity index is 2.75. The molecule has 1 rings (SSSR count). The molecule has 4 heteroatoms. The molecule has 14 heavy (non-hydrogen) atoms.